The minimum absolute atomic E-state index is 0.0159. The van der Waals surface area contributed by atoms with Crippen LogP contribution in [0.15, 0.2) is 48.9 Å². The molecule has 0 spiro atoms. The number of hydrogen-bond acceptors (Lipinski definition) is 5. The van der Waals surface area contributed by atoms with E-state index in [0.29, 0.717) is 24.9 Å². The quantitative estimate of drug-likeness (QED) is 0.499. The van der Waals surface area contributed by atoms with E-state index in [1.54, 1.807) is 24.3 Å². The molecule has 2 heterocycles. The zero-order valence-corrected chi connectivity index (χ0v) is 16.1. The molecule has 0 saturated carbocycles. The standard InChI is InChI=1S/C20H16F6N4O/c1-12-17(20(24,25)26)29-11-30-18(12)27-9-8-13-2-5-15(6-3-13)31-16-7-4-14(10-28-16)19(21,22)23/h2-7,10-11H,8-9H2,1H3,(H,27,29,30). The molecule has 11 heteroatoms. The number of pyridine rings is 1. The highest BCUT2D eigenvalue weighted by molar-refractivity contribution is 5.46. The Hall–Kier alpha value is -3.37. The Kier molecular flexibility index (Phi) is 6.32. The molecule has 0 radical (unpaired) electrons. The third kappa shape index (κ3) is 5.83. The number of rotatable bonds is 6. The van der Waals surface area contributed by atoms with Crippen molar-refractivity contribution < 1.29 is 31.1 Å². The summed E-state index contributed by atoms with van der Waals surface area (Å²) in [6, 6.07) is 8.70. The lowest BCUT2D eigenvalue weighted by molar-refractivity contribution is -0.141. The minimum Gasteiger partial charge on any atom is -0.439 e. The van der Waals surface area contributed by atoms with Crippen LogP contribution < -0.4 is 10.1 Å². The van der Waals surface area contributed by atoms with Gasteiger partial charge in [-0.25, -0.2) is 15.0 Å². The van der Waals surface area contributed by atoms with Crippen LogP contribution in [0, 0.1) is 6.92 Å². The van der Waals surface area contributed by atoms with Gasteiger partial charge in [-0.05, 0) is 37.1 Å². The number of ether oxygens (including phenoxy) is 1. The molecule has 0 amide bonds. The van der Waals surface area contributed by atoms with Gasteiger partial charge in [0.1, 0.15) is 17.9 Å². The maximum absolute atomic E-state index is 12.9. The predicted molar refractivity (Wildman–Crippen MR) is 99.7 cm³/mol. The molecule has 0 aliphatic rings. The normalized spacial score (nSPS) is 12.0. The van der Waals surface area contributed by atoms with Crippen LogP contribution in [-0.2, 0) is 18.8 Å². The van der Waals surface area contributed by atoms with Gasteiger partial charge in [-0.3, -0.25) is 0 Å². The van der Waals surface area contributed by atoms with Gasteiger partial charge < -0.3 is 10.1 Å². The van der Waals surface area contributed by atoms with Crippen molar-refractivity contribution in [3.8, 4) is 11.6 Å². The molecular formula is C20H16F6N4O. The third-order valence-corrected chi connectivity index (χ3v) is 4.27. The van der Waals surface area contributed by atoms with Crippen molar-refractivity contribution in [2.45, 2.75) is 25.7 Å². The molecule has 31 heavy (non-hydrogen) atoms. The van der Waals surface area contributed by atoms with Gasteiger partial charge >= 0.3 is 12.4 Å². The van der Waals surface area contributed by atoms with Crippen molar-refractivity contribution in [1.29, 1.82) is 0 Å². The summed E-state index contributed by atoms with van der Waals surface area (Å²) in [5.41, 5.74) is -1.07. The molecule has 3 aromatic rings. The van der Waals surface area contributed by atoms with E-state index in [0.717, 1.165) is 24.0 Å². The van der Waals surface area contributed by atoms with Gasteiger partial charge in [0.25, 0.3) is 0 Å². The van der Waals surface area contributed by atoms with Gasteiger partial charge in [-0.1, -0.05) is 12.1 Å². The Morgan fingerprint density at radius 3 is 2.16 bits per heavy atom. The van der Waals surface area contributed by atoms with Crippen LogP contribution in [0.1, 0.15) is 22.4 Å². The van der Waals surface area contributed by atoms with E-state index in [9.17, 15) is 26.3 Å². The minimum atomic E-state index is -4.55. The second-order valence-corrected chi connectivity index (χ2v) is 6.50. The van der Waals surface area contributed by atoms with Gasteiger partial charge in [-0.15, -0.1) is 0 Å². The van der Waals surface area contributed by atoms with Gasteiger partial charge in [0.15, 0.2) is 5.69 Å². The fourth-order valence-electron chi connectivity index (χ4n) is 2.69. The van der Waals surface area contributed by atoms with E-state index < -0.39 is 23.6 Å². The topological polar surface area (TPSA) is 59.9 Å². The number of alkyl halides is 6. The van der Waals surface area contributed by atoms with Crippen molar-refractivity contribution in [3.05, 3.63) is 71.3 Å². The van der Waals surface area contributed by atoms with Crippen molar-refractivity contribution in [2.24, 2.45) is 0 Å². The SMILES string of the molecule is Cc1c(NCCc2ccc(Oc3ccc(C(F)(F)F)cn3)cc2)ncnc1C(F)(F)F. The van der Waals surface area contributed by atoms with Crippen LogP contribution in [0.4, 0.5) is 32.2 Å². The van der Waals surface area contributed by atoms with E-state index in [1.165, 1.54) is 6.92 Å². The van der Waals surface area contributed by atoms with Gasteiger partial charge in [0.2, 0.25) is 5.88 Å². The highest BCUT2D eigenvalue weighted by Crippen LogP contribution is 2.32. The first-order chi connectivity index (χ1) is 14.5. The largest absolute Gasteiger partial charge is 0.439 e. The van der Waals surface area contributed by atoms with Crippen molar-refractivity contribution >= 4 is 5.82 Å². The highest BCUT2D eigenvalue weighted by atomic mass is 19.4. The highest BCUT2D eigenvalue weighted by Gasteiger charge is 2.35. The maximum atomic E-state index is 12.9. The van der Waals surface area contributed by atoms with Gasteiger partial charge in [0.05, 0.1) is 5.56 Å². The first-order valence-corrected chi connectivity index (χ1v) is 8.97. The average molecular weight is 442 g/mol. The van der Waals surface area contributed by atoms with E-state index in [1.807, 2.05) is 0 Å². The third-order valence-electron chi connectivity index (χ3n) is 4.27. The van der Waals surface area contributed by atoms with Crippen LogP contribution in [-0.4, -0.2) is 21.5 Å². The summed E-state index contributed by atoms with van der Waals surface area (Å²) in [5, 5.41) is 2.86. The van der Waals surface area contributed by atoms with Crippen LogP contribution in [0.3, 0.4) is 0 Å². The Bertz CT molecular complexity index is 1020. The van der Waals surface area contributed by atoms with Gasteiger partial charge in [0, 0.05) is 24.4 Å². The summed E-state index contributed by atoms with van der Waals surface area (Å²) in [7, 11) is 0. The molecule has 1 N–H and O–H groups in total. The second-order valence-electron chi connectivity index (χ2n) is 6.50. The lowest BCUT2D eigenvalue weighted by atomic mass is 10.1. The lowest BCUT2D eigenvalue weighted by Crippen LogP contribution is -2.15. The Morgan fingerprint density at radius 1 is 0.871 bits per heavy atom. The zero-order valence-electron chi connectivity index (χ0n) is 16.1. The molecule has 2 aromatic heterocycles. The van der Waals surface area contributed by atoms with E-state index in [2.05, 4.69) is 20.3 Å². The fraction of sp³-hybridized carbons (Fsp3) is 0.250. The number of aromatic nitrogens is 3. The zero-order chi connectivity index (χ0) is 22.6. The van der Waals surface area contributed by atoms with Crippen LogP contribution >= 0.6 is 0 Å². The van der Waals surface area contributed by atoms with Crippen molar-refractivity contribution in [2.75, 3.05) is 11.9 Å². The number of anilines is 1. The monoisotopic (exact) mass is 442 g/mol. The molecule has 1 aromatic carbocycles. The van der Waals surface area contributed by atoms with Gasteiger partial charge in [-0.2, -0.15) is 26.3 Å². The summed E-state index contributed by atoms with van der Waals surface area (Å²) >= 11 is 0. The predicted octanol–water partition coefficient (Wildman–Crippen LogP) is 5.66. The van der Waals surface area contributed by atoms with E-state index >= 15 is 0 Å². The fourth-order valence-corrected chi connectivity index (χ4v) is 2.69. The van der Waals surface area contributed by atoms with Crippen molar-refractivity contribution in [1.82, 2.24) is 15.0 Å². The maximum Gasteiger partial charge on any atom is 0.433 e. The lowest BCUT2D eigenvalue weighted by Gasteiger charge is -2.13. The summed E-state index contributed by atoms with van der Waals surface area (Å²) < 4.78 is 81.8. The molecule has 0 unspecified atom stereocenters. The summed E-state index contributed by atoms with van der Waals surface area (Å²) in [6.07, 6.45) is -6.99. The number of nitrogens with one attached hydrogen (secondary N) is 1. The summed E-state index contributed by atoms with van der Waals surface area (Å²) in [5.74, 6) is 0.503. The molecule has 0 saturated heterocycles. The van der Waals surface area contributed by atoms with Crippen molar-refractivity contribution in [3.63, 3.8) is 0 Å². The number of hydrogen-bond donors (Lipinski definition) is 1. The second kappa shape index (κ2) is 8.78. The molecular weight excluding hydrogens is 426 g/mol. The summed E-state index contributed by atoms with van der Waals surface area (Å²) in [4.78, 5) is 10.8. The Labute approximate surface area is 173 Å². The molecule has 0 aliphatic heterocycles. The average Bonchev–Trinajstić information content (AvgIpc) is 2.69. The number of nitrogens with zero attached hydrogens (tertiary/aromatic N) is 3. The first kappa shape index (κ1) is 22.3. The molecule has 0 bridgehead atoms. The molecule has 164 valence electrons. The van der Waals surface area contributed by atoms with Crippen LogP contribution in [0.2, 0.25) is 0 Å². The Balaban J connectivity index is 1.56. The Morgan fingerprint density at radius 2 is 1.58 bits per heavy atom. The van der Waals surface area contributed by atoms with E-state index in [4.69, 9.17) is 4.74 Å². The summed E-state index contributed by atoms with van der Waals surface area (Å²) in [6.45, 7) is 1.63. The molecule has 0 aliphatic carbocycles. The number of halogens is 6. The smallest absolute Gasteiger partial charge is 0.433 e. The number of benzene rings is 1. The van der Waals surface area contributed by atoms with Crippen LogP contribution in [0.5, 0.6) is 11.6 Å². The first-order valence-electron chi connectivity index (χ1n) is 8.97. The van der Waals surface area contributed by atoms with Crippen LogP contribution in [0.25, 0.3) is 0 Å². The molecule has 0 fully saturated rings. The molecule has 0 atom stereocenters. The molecule has 5 nitrogen and oxygen atoms in total. The van der Waals surface area contributed by atoms with E-state index in [-0.39, 0.29) is 17.3 Å². The molecule has 3 rings (SSSR count).